The van der Waals surface area contributed by atoms with E-state index in [4.69, 9.17) is 10.7 Å². The van der Waals surface area contributed by atoms with E-state index in [1.807, 2.05) is 33.9 Å². The lowest BCUT2D eigenvalue weighted by molar-refractivity contribution is -0.136. The number of nitrogens with one attached hydrogen (secondary N) is 2. The maximum Gasteiger partial charge on any atom is 0.320 e. The van der Waals surface area contributed by atoms with Crippen LogP contribution in [-0.4, -0.2) is 148 Å². The summed E-state index contributed by atoms with van der Waals surface area (Å²) < 4.78 is 15.5. The summed E-state index contributed by atoms with van der Waals surface area (Å²) >= 11 is 0. The standard InChI is InChI=1S/C42H49FN12O6/c1-50-17-18-54(42(50)61)28-3-2-13-53(23-28)41-47-37(35(36(44)57)48-49-41)45-27-6-4-25(5-7-27)26-11-14-51(15-12-26)21-24-10-16-52(22-24)33-20-30-29(19-31(33)43)39(59)55(40(30)60)32-8-9-34(56)46-38(32)58/h4-7,19-20,24,26,28,32H,2-3,8-18,21-23H2,1H3,(H2,44,57)(H,45,47,49)(H,46,56,58)/t24?,28-,32?/m1/s1. The van der Waals surface area contributed by atoms with E-state index in [9.17, 15) is 28.8 Å². The highest BCUT2D eigenvalue weighted by Gasteiger charge is 2.46. The quantitative estimate of drug-likeness (QED) is 0.251. The van der Waals surface area contributed by atoms with Crippen molar-refractivity contribution >= 4 is 58.7 Å². The van der Waals surface area contributed by atoms with E-state index < -0.39 is 41.4 Å². The molecular weight excluding hydrogens is 788 g/mol. The van der Waals surface area contributed by atoms with Gasteiger partial charge in [0.1, 0.15) is 11.9 Å². The van der Waals surface area contributed by atoms with Crippen LogP contribution in [0.3, 0.4) is 0 Å². The number of benzene rings is 2. The number of likely N-dealkylation sites (tertiary alicyclic amines) is 1. The van der Waals surface area contributed by atoms with E-state index in [1.54, 1.807) is 4.90 Å². The van der Waals surface area contributed by atoms with Gasteiger partial charge in [0.25, 0.3) is 17.7 Å². The van der Waals surface area contributed by atoms with Crippen molar-refractivity contribution < 1.29 is 33.2 Å². The Morgan fingerprint density at radius 3 is 2.33 bits per heavy atom. The molecule has 18 nitrogen and oxygen atoms in total. The van der Waals surface area contributed by atoms with Crippen molar-refractivity contribution in [3.05, 3.63) is 64.6 Å². The van der Waals surface area contributed by atoms with E-state index in [1.165, 1.54) is 11.6 Å². The Kier molecular flexibility index (Phi) is 10.7. The second-order valence-electron chi connectivity index (χ2n) is 17.0. The molecule has 61 heavy (non-hydrogen) atoms. The lowest BCUT2D eigenvalue weighted by atomic mass is 9.89. The number of fused-ring (bicyclic) bond motifs is 1. The minimum Gasteiger partial charge on any atom is -0.369 e. The number of rotatable bonds is 10. The summed E-state index contributed by atoms with van der Waals surface area (Å²) in [6, 6.07) is 9.59. The minimum absolute atomic E-state index is 0.0123. The molecule has 0 aliphatic carbocycles. The van der Waals surface area contributed by atoms with Gasteiger partial charge in [0.15, 0.2) is 11.5 Å². The summed E-state index contributed by atoms with van der Waals surface area (Å²) in [7, 11) is 1.81. The van der Waals surface area contributed by atoms with Crippen LogP contribution in [0.4, 0.5) is 32.3 Å². The van der Waals surface area contributed by atoms with Crippen LogP contribution in [0.5, 0.6) is 0 Å². The van der Waals surface area contributed by atoms with Crippen molar-refractivity contribution in [1.82, 2.24) is 40.1 Å². The smallest absolute Gasteiger partial charge is 0.320 e. The van der Waals surface area contributed by atoms with Crippen LogP contribution in [0.2, 0.25) is 0 Å². The fourth-order valence-electron chi connectivity index (χ4n) is 9.81. The number of halogens is 1. The van der Waals surface area contributed by atoms with Crippen molar-refractivity contribution in [2.75, 3.05) is 81.1 Å². The van der Waals surface area contributed by atoms with Gasteiger partial charge >= 0.3 is 6.03 Å². The number of anilines is 4. The summed E-state index contributed by atoms with van der Waals surface area (Å²) in [5, 5.41) is 13.8. The summed E-state index contributed by atoms with van der Waals surface area (Å²) in [6.45, 7) is 6.58. The van der Waals surface area contributed by atoms with E-state index in [0.29, 0.717) is 57.1 Å². The number of likely N-dealkylation sites (N-methyl/N-ethyl adjacent to an activating group) is 1. The van der Waals surface area contributed by atoms with E-state index in [0.717, 1.165) is 68.4 Å². The zero-order valence-electron chi connectivity index (χ0n) is 34.0. The number of primary amides is 1. The fourth-order valence-corrected chi connectivity index (χ4v) is 9.81. The van der Waals surface area contributed by atoms with Crippen LogP contribution in [-0.2, 0) is 9.59 Å². The molecule has 4 N–H and O–H groups in total. The number of imide groups is 2. The molecule has 0 spiro atoms. The van der Waals surface area contributed by atoms with E-state index >= 15 is 4.39 Å². The Morgan fingerprint density at radius 2 is 1.62 bits per heavy atom. The minimum atomic E-state index is -1.11. The van der Waals surface area contributed by atoms with Gasteiger partial charge in [-0.2, -0.15) is 4.98 Å². The normalized spacial score (nSPS) is 23.9. The molecule has 19 heteroatoms. The van der Waals surface area contributed by atoms with Gasteiger partial charge in [0.2, 0.25) is 17.8 Å². The Morgan fingerprint density at radius 1 is 0.869 bits per heavy atom. The van der Waals surface area contributed by atoms with Gasteiger partial charge in [-0.05, 0) is 93.3 Å². The van der Waals surface area contributed by atoms with Gasteiger partial charge in [-0.3, -0.25) is 34.2 Å². The first-order valence-electron chi connectivity index (χ1n) is 21.1. The second-order valence-corrected chi connectivity index (χ2v) is 17.0. The van der Waals surface area contributed by atoms with Crippen LogP contribution in [0.15, 0.2) is 36.4 Å². The molecule has 0 saturated carbocycles. The highest BCUT2D eigenvalue weighted by molar-refractivity contribution is 6.23. The van der Waals surface area contributed by atoms with Crippen LogP contribution in [0.1, 0.15) is 87.6 Å². The lowest BCUT2D eigenvalue weighted by Crippen LogP contribution is -2.54. The summed E-state index contributed by atoms with van der Waals surface area (Å²) in [6.07, 6.45) is 4.62. The van der Waals surface area contributed by atoms with Crippen molar-refractivity contribution in [3.63, 3.8) is 0 Å². The third-order valence-corrected chi connectivity index (χ3v) is 13.2. The number of nitrogens with zero attached hydrogens (tertiary/aromatic N) is 9. The number of hydrogen-bond acceptors (Lipinski definition) is 13. The molecule has 5 fully saturated rings. The first kappa shape index (κ1) is 40.2. The highest BCUT2D eigenvalue weighted by atomic mass is 19.1. The highest BCUT2D eigenvalue weighted by Crippen LogP contribution is 2.36. The van der Waals surface area contributed by atoms with Crippen molar-refractivity contribution in [2.45, 2.75) is 62.9 Å². The third-order valence-electron chi connectivity index (χ3n) is 13.2. The van der Waals surface area contributed by atoms with E-state index in [-0.39, 0.29) is 53.2 Å². The largest absolute Gasteiger partial charge is 0.369 e. The van der Waals surface area contributed by atoms with Crippen molar-refractivity contribution in [2.24, 2.45) is 11.7 Å². The molecule has 1 aromatic heterocycles. The predicted octanol–water partition coefficient (Wildman–Crippen LogP) is 2.30. The molecular formula is C42H49FN12O6. The molecule has 7 amide bonds. The number of aromatic nitrogens is 3. The number of urea groups is 1. The summed E-state index contributed by atoms with van der Waals surface area (Å²) in [5.74, 6) is -2.60. The van der Waals surface area contributed by atoms with Crippen LogP contribution >= 0.6 is 0 Å². The topological polar surface area (TPSA) is 211 Å². The molecule has 5 saturated heterocycles. The zero-order chi connectivity index (χ0) is 42.5. The van der Waals surface area contributed by atoms with Crippen LogP contribution in [0, 0.1) is 11.7 Å². The Labute approximate surface area is 351 Å². The maximum absolute atomic E-state index is 15.5. The molecule has 3 aromatic rings. The van der Waals surface area contributed by atoms with Gasteiger partial charge < -0.3 is 35.6 Å². The second kappa shape index (κ2) is 16.3. The van der Waals surface area contributed by atoms with E-state index in [2.05, 4.69) is 37.9 Å². The van der Waals surface area contributed by atoms with Gasteiger partial charge in [-0.1, -0.05) is 12.1 Å². The maximum atomic E-state index is 15.5. The Hall–Kier alpha value is -6.24. The van der Waals surface area contributed by atoms with Crippen molar-refractivity contribution in [3.8, 4) is 0 Å². The van der Waals surface area contributed by atoms with Crippen LogP contribution < -0.4 is 26.2 Å². The summed E-state index contributed by atoms with van der Waals surface area (Å²) in [4.78, 5) is 91.2. The Balaban J connectivity index is 0.780. The van der Waals surface area contributed by atoms with Gasteiger partial charge in [-0.25, -0.2) is 9.18 Å². The lowest BCUT2D eigenvalue weighted by Gasteiger charge is -2.37. The molecule has 3 atom stereocenters. The molecule has 9 rings (SSSR count). The molecule has 320 valence electrons. The number of carbonyl (C=O) groups is 6. The molecule has 6 aliphatic heterocycles. The molecule has 2 unspecified atom stereocenters. The SMILES string of the molecule is CN1CCN([C@@H]2CCCN(c3nnc(C(N)=O)c(Nc4ccc(C5CCN(CC6CCN(c7cc8c(cc7F)C(=O)N(C7CCC(=O)NC7=O)C8=O)C6)CC5)cc4)n3)C2)C1=O. The molecule has 0 bridgehead atoms. The summed E-state index contributed by atoms with van der Waals surface area (Å²) in [5.41, 5.74) is 7.83. The number of nitrogens with two attached hydrogens (primary N) is 1. The molecule has 0 radical (unpaired) electrons. The number of carbonyl (C=O) groups excluding carboxylic acids is 6. The zero-order valence-corrected chi connectivity index (χ0v) is 34.0. The fraction of sp³-hybridized carbons (Fsp3) is 0.500. The third kappa shape index (κ3) is 7.81. The Bertz CT molecular complexity index is 2290. The monoisotopic (exact) mass is 836 g/mol. The van der Waals surface area contributed by atoms with Crippen molar-refractivity contribution in [1.29, 1.82) is 0 Å². The first-order valence-corrected chi connectivity index (χ1v) is 21.1. The molecule has 6 aliphatic rings. The number of piperidine rings is 3. The average molecular weight is 837 g/mol. The number of hydrogen-bond donors (Lipinski definition) is 3. The van der Waals surface area contributed by atoms with Gasteiger partial charge in [0, 0.05) is 65.0 Å². The average Bonchev–Trinajstić information content (AvgIpc) is 3.92. The number of amides is 7. The van der Waals surface area contributed by atoms with Gasteiger partial charge in [0.05, 0.1) is 22.9 Å². The molecule has 7 heterocycles. The predicted molar refractivity (Wildman–Crippen MR) is 220 cm³/mol. The first-order chi connectivity index (χ1) is 29.4. The van der Waals surface area contributed by atoms with Crippen LogP contribution in [0.25, 0.3) is 0 Å². The van der Waals surface area contributed by atoms with Gasteiger partial charge in [-0.15, -0.1) is 10.2 Å². The molecule has 2 aromatic carbocycles.